The number of hydrogen-bond donors (Lipinski definition) is 1. The third-order valence-electron chi connectivity index (χ3n) is 6.05. The van der Waals surface area contributed by atoms with E-state index in [1.807, 2.05) is 19.9 Å². The van der Waals surface area contributed by atoms with E-state index in [1.165, 1.54) is 31.6 Å². The second-order valence-electron chi connectivity index (χ2n) is 8.75. The Bertz CT molecular complexity index is 1380. The number of carbonyl (C=O) groups is 2. The molecule has 2 aromatic carbocycles. The molecule has 4 rings (SSSR count). The van der Waals surface area contributed by atoms with E-state index in [2.05, 4.69) is 28.5 Å². The summed E-state index contributed by atoms with van der Waals surface area (Å²) in [5.41, 5.74) is 7.02. The molecule has 192 valence electrons. The van der Waals surface area contributed by atoms with E-state index in [-0.39, 0.29) is 17.5 Å². The number of hydrogen-bond acceptors (Lipinski definition) is 7. The number of fused-ring (bicyclic) bond motifs is 1. The van der Waals surface area contributed by atoms with Crippen molar-refractivity contribution >= 4 is 29.2 Å². The van der Waals surface area contributed by atoms with Crippen molar-refractivity contribution in [1.82, 2.24) is 15.2 Å². The van der Waals surface area contributed by atoms with E-state index in [0.717, 1.165) is 39.0 Å². The maximum Gasteiger partial charge on any atom is 0.414 e. The molecule has 0 aliphatic heterocycles. The summed E-state index contributed by atoms with van der Waals surface area (Å²) in [4.78, 5) is 29.9. The van der Waals surface area contributed by atoms with Crippen LogP contribution in [0.25, 0.3) is 17.2 Å². The lowest BCUT2D eigenvalue weighted by atomic mass is 9.99. The highest BCUT2D eigenvalue weighted by molar-refractivity contribution is 6.06. The van der Waals surface area contributed by atoms with Crippen LogP contribution in [0.4, 0.5) is 4.79 Å². The van der Waals surface area contributed by atoms with Crippen LogP contribution >= 0.6 is 0 Å². The Morgan fingerprint density at radius 2 is 1.76 bits per heavy atom. The summed E-state index contributed by atoms with van der Waals surface area (Å²) in [6.45, 7) is 4.37. The van der Waals surface area contributed by atoms with Crippen molar-refractivity contribution < 1.29 is 28.2 Å². The average molecular weight is 504 g/mol. The number of benzene rings is 2. The minimum atomic E-state index is -0.544. The molecule has 0 spiro atoms. The Morgan fingerprint density at radius 1 is 1.05 bits per heavy atom. The van der Waals surface area contributed by atoms with Crippen molar-refractivity contribution in [2.24, 2.45) is 0 Å². The van der Waals surface area contributed by atoms with Crippen LogP contribution in [-0.2, 0) is 0 Å². The van der Waals surface area contributed by atoms with Gasteiger partial charge in [0.15, 0.2) is 11.5 Å². The summed E-state index contributed by atoms with van der Waals surface area (Å²) in [5.74, 6) is 0.572. The number of amides is 2. The maximum atomic E-state index is 12.4. The van der Waals surface area contributed by atoms with E-state index in [4.69, 9.17) is 18.6 Å². The molecule has 37 heavy (non-hydrogen) atoms. The van der Waals surface area contributed by atoms with Gasteiger partial charge in [-0.25, -0.2) is 9.78 Å². The van der Waals surface area contributed by atoms with Gasteiger partial charge < -0.3 is 28.8 Å². The highest BCUT2D eigenvalue weighted by atomic mass is 16.6. The Balaban J connectivity index is 1.74. The first-order valence-corrected chi connectivity index (χ1v) is 11.6. The van der Waals surface area contributed by atoms with Gasteiger partial charge in [-0.3, -0.25) is 4.79 Å². The van der Waals surface area contributed by atoms with Crippen molar-refractivity contribution in [3.63, 3.8) is 0 Å². The summed E-state index contributed by atoms with van der Waals surface area (Å²) < 4.78 is 21.7. The number of allylic oxidation sites excluding steroid dienone is 2. The quantitative estimate of drug-likeness (QED) is 0.493. The van der Waals surface area contributed by atoms with Crippen LogP contribution in [-0.4, -0.2) is 56.7 Å². The molecule has 0 fully saturated rings. The molecule has 0 saturated heterocycles. The number of aromatic nitrogens is 1. The number of aryl methyl sites for hydroxylation is 1. The van der Waals surface area contributed by atoms with Gasteiger partial charge in [-0.1, -0.05) is 23.8 Å². The fraction of sp³-hybridized carbons (Fsp3) is 0.250. The lowest BCUT2D eigenvalue weighted by Crippen LogP contribution is -2.25. The molecule has 0 radical (unpaired) electrons. The summed E-state index contributed by atoms with van der Waals surface area (Å²) in [6, 6.07) is 9.82. The topological polar surface area (TPSA) is 103 Å². The van der Waals surface area contributed by atoms with Gasteiger partial charge >= 0.3 is 12.0 Å². The SMILES string of the molecule is COc1cc(/C=C2/C(C)=C(CNC(=O)c3ncco3)c3cc(C)ccc32)cc(OC)c1OC(=O)N(C)C. The van der Waals surface area contributed by atoms with Crippen molar-refractivity contribution in [2.75, 3.05) is 34.9 Å². The molecule has 1 heterocycles. The van der Waals surface area contributed by atoms with Gasteiger partial charge in [0.05, 0.1) is 20.4 Å². The van der Waals surface area contributed by atoms with Crippen LogP contribution < -0.4 is 19.5 Å². The molecule has 1 aliphatic rings. The zero-order valence-corrected chi connectivity index (χ0v) is 21.7. The van der Waals surface area contributed by atoms with Crippen LogP contribution in [0, 0.1) is 6.92 Å². The van der Waals surface area contributed by atoms with E-state index in [1.54, 1.807) is 26.2 Å². The molecule has 1 aromatic heterocycles. The van der Waals surface area contributed by atoms with E-state index in [9.17, 15) is 9.59 Å². The molecule has 0 saturated carbocycles. The van der Waals surface area contributed by atoms with Gasteiger partial charge in [-0.2, -0.15) is 0 Å². The zero-order valence-electron chi connectivity index (χ0n) is 21.7. The fourth-order valence-electron chi connectivity index (χ4n) is 4.13. The molecule has 9 heteroatoms. The van der Waals surface area contributed by atoms with Gasteiger partial charge in [-0.05, 0) is 65.5 Å². The molecule has 1 N–H and O–H groups in total. The number of rotatable bonds is 7. The highest BCUT2D eigenvalue weighted by Gasteiger charge is 2.25. The summed E-state index contributed by atoms with van der Waals surface area (Å²) in [7, 11) is 6.21. The zero-order chi connectivity index (χ0) is 26.7. The summed E-state index contributed by atoms with van der Waals surface area (Å²) >= 11 is 0. The molecular formula is C28H29N3O6. The van der Waals surface area contributed by atoms with Crippen LogP contribution in [0.3, 0.4) is 0 Å². The number of methoxy groups -OCH3 is 2. The summed E-state index contributed by atoms with van der Waals surface area (Å²) in [5, 5.41) is 2.90. The smallest absolute Gasteiger partial charge is 0.414 e. The molecule has 0 atom stereocenters. The molecule has 3 aromatic rings. The van der Waals surface area contributed by atoms with Crippen molar-refractivity contribution in [1.29, 1.82) is 0 Å². The Labute approximate surface area is 215 Å². The van der Waals surface area contributed by atoms with E-state index in [0.29, 0.717) is 18.0 Å². The van der Waals surface area contributed by atoms with Crippen molar-refractivity contribution in [3.05, 3.63) is 76.5 Å². The number of carbonyl (C=O) groups excluding carboxylic acids is 2. The van der Waals surface area contributed by atoms with Crippen molar-refractivity contribution in [2.45, 2.75) is 13.8 Å². The predicted molar refractivity (Wildman–Crippen MR) is 140 cm³/mol. The van der Waals surface area contributed by atoms with Gasteiger partial charge in [0, 0.05) is 20.6 Å². The molecule has 1 aliphatic carbocycles. The van der Waals surface area contributed by atoms with Gasteiger partial charge in [0.2, 0.25) is 5.75 Å². The fourth-order valence-corrected chi connectivity index (χ4v) is 4.13. The standard InChI is InChI=1S/C28H29N3O6/c1-16-7-8-19-20(17(2)22(21(19)11-16)15-30-26(32)27-29-9-10-36-27)12-18-13-23(34-5)25(24(14-18)35-6)37-28(33)31(3)4/h7-14H,15H2,1-6H3,(H,30,32)/b20-12-. The first-order valence-electron chi connectivity index (χ1n) is 11.6. The average Bonchev–Trinajstić information content (AvgIpc) is 3.50. The molecule has 9 nitrogen and oxygen atoms in total. The first-order chi connectivity index (χ1) is 17.7. The molecule has 0 bridgehead atoms. The minimum Gasteiger partial charge on any atom is -0.493 e. The molecule has 2 amide bonds. The molecular weight excluding hydrogens is 474 g/mol. The first kappa shape index (κ1) is 25.6. The van der Waals surface area contributed by atoms with Crippen LogP contribution in [0.1, 0.15) is 39.9 Å². The third-order valence-corrected chi connectivity index (χ3v) is 6.05. The largest absolute Gasteiger partial charge is 0.493 e. The number of nitrogens with one attached hydrogen (secondary N) is 1. The van der Waals surface area contributed by atoms with Gasteiger partial charge in [0.1, 0.15) is 6.26 Å². The number of ether oxygens (including phenoxy) is 3. The monoisotopic (exact) mass is 503 g/mol. The Hall–Kier alpha value is -4.53. The Kier molecular flexibility index (Phi) is 7.33. The van der Waals surface area contributed by atoms with E-state index >= 15 is 0 Å². The lowest BCUT2D eigenvalue weighted by molar-refractivity contribution is 0.0924. The van der Waals surface area contributed by atoms with Gasteiger partial charge in [-0.15, -0.1) is 0 Å². The van der Waals surface area contributed by atoms with Crippen LogP contribution in [0.5, 0.6) is 17.2 Å². The third kappa shape index (κ3) is 5.20. The minimum absolute atomic E-state index is 0.0192. The number of nitrogens with zero attached hydrogens (tertiary/aromatic N) is 2. The Morgan fingerprint density at radius 3 is 2.35 bits per heavy atom. The number of oxazole rings is 1. The lowest BCUT2D eigenvalue weighted by Gasteiger charge is -2.17. The van der Waals surface area contributed by atoms with Gasteiger partial charge in [0.25, 0.3) is 5.89 Å². The van der Waals surface area contributed by atoms with Crippen LogP contribution in [0.2, 0.25) is 0 Å². The normalized spacial score (nSPS) is 13.4. The second-order valence-corrected chi connectivity index (χ2v) is 8.75. The second kappa shape index (κ2) is 10.6. The van der Waals surface area contributed by atoms with E-state index < -0.39 is 6.09 Å². The maximum absolute atomic E-state index is 12.4. The highest BCUT2D eigenvalue weighted by Crippen LogP contribution is 2.44. The summed E-state index contributed by atoms with van der Waals surface area (Å²) in [6.07, 6.45) is 4.28. The predicted octanol–water partition coefficient (Wildman–Crippen LogP) is 4.82. The van der Waals surface area contributed by atoms with Crippen molar-refractivity contribution in [3.8, 4) is 17.2 Å². The molecule has 0 unspecified atom stereocenters. The van der Waals surface area contributed by atoms with Crippen LogP contribution in [0.15, 0.2) is 52.8 Å².